The van der Waals surface area contributed by atoms with Gasteiger partial charge in [0, 0.05) is 26.0 Å². The molecule has 35 heavy (non-hydrogen) atoms. The number of esters is 1. The quantitative estimate of drug-likeness (QED) is 0.329. The van der Waals surface area contributed by atoms with Crippen LogP contribution in [0, 0.1) is 11.8 Å². The molecule has 0 aliphatic carbocycles. The number of allylic oxidation sites excluding steroid dienone is 1. The molecule has 1 aromatic carbocycles. The van der Waals surface area contributed by atoms with Crippen molar-refractivity contribution in [3.8, 4) is 0 Å². The standard InChI is InChI=1S/C27H42N4O4/c1-9-19(5)24(26(33)29-20(6)27(34)35-10-2)30-25(32)23(18(3)4)28-17-11-12-21-13-15-22(16-14-21)31(7)8/h11-20,23-24H,9-10H2,1-8H3,(H,29,33)(H,30,32)/b12-11+,28-17?/t19-,20-,23-,24-/m0/s1. The second kappa shape index (κ2) is 15.0. The molecule has 0 saturated carbocycles. The Morgan fingerprint density at radius 1 is 1.00 bits per heavy atom. The molecule has 1 rings (SSSR count). The average Bonchev–Trinajstić information content (AvgIpc) is 2.81. The van der Waals surface area contributed by atoms with E-state index in [1.807, 2.05) is 77.0 Å². The van der Waals surface area contributed by atoms with E-state index in [2.05, 4.69) is 15.6 Å². The first-order valence-electron chi connectivity index (χ1n) is 12.3. The van der Waals surface area contributed by atoms with E-state index >= 15 is 0 Å². The Labute approximate surface area is 210 Å². The van der Waals surface area contributed by atoms with E-state index in [1.54, 1.807) is 26.1 Å². The normalized spacial score (nSPS) is 15.0. The van der Waals surface area contributed by atoms with E-state index < -0.39 is 30.0 Å². The predicted molar refractivity (Wildman–Crippen MR) is 143 cm³/mol. The van der Waals surface area contributed by atoms with Crippen LogP contribution in [-0.2, 0) is 19.1 Å². The molecule has 0 spiro atoms. The lowest BCUT2D eigenvalue weighted by Crippen LogP contribution is -2.55. The van der Waals surface area contributed by atoms with Gasteiger partial charge in [0.1, 0.15) is 18.1 Å². The van der Waals surface area contributed by atoms with Crippen LogP contribution in [-0.4, -0.2) is 62.8 Å². The van der Waals surface area contributed by atoms with Gasteiger partial charge in [-0.3, -0.25) is 14.6 Å². The maximum absolute atomic E-state index is 13.1. The zero-order chi connectivity index (χ0) is 26.5. The molecular formula is C27H42N4O4. The Kier molecular flexibility index (Phi) is 12.8. The Morgan fingerprint density at radius 3 is 2.14 bits per heavy atom. The van der Waals surface area contributed by atoms with E-state index in [0.29, 0.717) is 6.42 Å². The van der Waals surface area contributed by atoms with E-state index in [1.165, 1.54) is 0 Å². The highest BCUT2D eigenvalue weighted by atomic mass is 16.5. The SMILES string of the molecule is CCOC(=O)[C@H](C)NC(=O)[C@@H](NC(=O)[C@@H](N=C/C=C/c1ccc(N(C)C)cc1)C(C)C)[C@@H](C)CC. The molecule has 0 saturated heterocycles. The fraction of sp³-hybridized carbons (Fsp3) is 0.556. The van der Waals surface area contributed by atoms with Gasteiger partial charge < -0.3 is 20.3 Å². The monoisotopic (exact) mass is 486 g/mol. The lowest BCUT2D eigenvalue weighted by molar-refractivity contribution is -0.147. The number of anilines is 1. The summed E-state index contributed by atoms with van der Waals surface area (Å²) in [7, 11) is 3.98. The van der Waals surface area contributed by atoms with Gasteiger partial charge in [-0.1, -0.05) is 52.3 Å². The van der Waals surface area contributed by atoms with Gasteiger partial charge >= 0.3 is 5.97 Å². The smallest absolute Gasteiger partial charge is 0.328 e. The summed E-state index contributed by atoms with van der Waals surface area (Å²) < 4.78 is 4.96. The van der Waals surface area contributed by atoms with Gasteiger partial charge in [-0.15, -0.1) is 0 Å². The maximum Gasteiger partial charge on any atom is 0.328 e. The van der Waals surface area contributed by atoms with Crippen molar-refractivity contribution in [2.45, 2.75) is 66.1 Å². The number of nitrogens with one attached hydrogen (secondary N) is 2. The van der Waals surface area contributed by atoms with Crippen LogP contribution in [0.3, 0.4) is 0 Å². The number of hydrogen-bond donors (Lipinski definition) is 2. The van der Waals surface area contributed by atoms with Gasteiger partial charge in [0.05, 0.1) is 6.61 Å². The molecule has 1 aromatic rings. The summed E-state index contributed by atoms with van der Waals surface area (Å²) >= 11 is 0. The topological polar surface area (TPSA) is 100 Å². The van der Waals surface area contributed by atoms with Gasteiger partial charge in [0.25, 0.3) is 0 Å². The molecule has 2 amide bonds. The van der Waals surface area contributed by atoms with Crippen molar-refractivity contribution in [1.29, 1.82) is 0 Å². The number of carbonyl (C=O) groups excluding carboxylic acids is 3. The Balaban J connectivity index is 2.89. The number of aliphatic imine (C=N–C) groups is 1. The van der Waals surface area contributed by atoms with E-state index in [0.717, 1.165) is 11.3 Å². The first-order valence-corrected chi connectivity index (χ1v) is 12.3. The van der Waals surface area contributed by atoms with Crippen LogP contribution >= 0.6 is 0 Å². The summed E-state index contributed by atoms with van der Waals surface area (Å²) in [6.45, 7) is 11.1. The van der Waals surface area contributed by atoms with Crippen molar-refractivity contribution in [3.63, 3.8) is 0 Å². The summed E-state index contributed by atoms with van der Waals surface area (Å²) in [5.41, 5.74) is 2.14. The second-order valence-electron chi connectivity index (χ2n) is 9.19. The largest absolute Gasteiger partial charge is 0.464 e. The molecule has 0 radical (unpaired) electrons. The highest BCUT2D eigenvalue weighted by Gasteiger charge is 2.31. The van der Waals surface area contributed by atoms with Crippen LogP contribution in [0.1, 0.15) is 53.5 Å². The van der Waals surface area contributed by atoms with Crippen molar-refractivity contribution < 1.29 is 19.1 Å². The molecule has 0 aliphatic rings. The summed E-state index contributed by atoms with van der Waals surface area (Å²) in [6.07, 6.45) is 6.01. The number of carbonyl (C=O) groups is 3. The van der Waals surface area contributed by atoms with Gasteiger partial charge in [-0.25, -0.2) is 4.79 Å². The number of amides is 2. The van der Waals surface area contributed by atoms with E-state index in [4.69, 9.17) is 4.74 Å². The van der Waals surface area contributed by atoms with Crippen molar-refractivity contribution in [2.75, 3.05) is 25.6 Å². The fourth-order valence-corrected chi connectivity index (χ4v) is 3.29. The van der Waals surface area contributed by atoms with Crippen LogP contribution < -0.4 is 15.5 Å². The molecule has 8 heteroatoms. The van der Waals surface area contributed by atoms with Crippen molar-refractivity contribution in [2.24, 2.45) is 16.8 Å². The third-order valence-corrected chi connectivity index (χ3v) is 5.72. The fourth-order valence-electron chi connectivity index (χ4n) is 3.29. The number of hydrogen-bond acceptors (Lipinski definition) is 6. The Morgan fingerprint density at radius 2 is 1.63 bits per heavy atom. The third-order valence-electron chi connectivity index (χ3n) is 5.72. The van der Waals surface area contributed by atoms with Crippen molar-refractivity contribution >= 4 is 35.8 Å². The number of ether oxygens (including phenoxy) is 1. The van der Waals surface area contributed by atoms with Gasteiger partial charge in [0.15, 0.2) is 0 Å². The summed E-state index contributed by atoms with van der Waals surface area (Å²) in [6, 6.07) is 5.84. The van der Waals surface area contributed by atoms with Crippen LogP contribution in [0.5, 0.6) is 0 Å². The summed E-state index contributed by atoms with van der Waals surface area (Å²) in [4.78, 5) is 44.4. The third kappa shape index (κ3) is 9.92. The molecule has 194 valence electrons. The van der Waals surface area contributed by atoms with Crippen LogP contribution in [0.25, 0.3) is 6.08 Å². The lowest BCUT2D eigenvalue weighted by atomic mass is 9.96. The zero-order valence-corrected chi connectivity index (χ0v) is 22.4. The zero-order valence-electron chi connectivity index (χ0n) is 22.4. The second-order valence-corrected chi connectivity index (χ2v) is 9.19. The molecule has 4 atom stereocenters. The minimum Gasteiger partial charge on any atom is -0.464 e. The summed E-state index contributed by atoms with van der Waals surface area (Å²) in [5.74, 6) is -1.46. The predicted octanol–water partition coefficient (Wildman–Crippen LogP) is 3.46. The number of rotatable bonds is 13. The van der Waals surface area contributed by atoms with Gasteiger partial charge in [-0.05, 0) is 49.5 Å². The lowest BCUT2D eigenvalue weighted by Gasteiger charge is -2.27. The van der Waals surface area contributed by atoms with E-state index in [-0.39, 0.29) is 24.3 Å². The molecule has 0 unspecified atom stereocenters. The summed E-state index contributed by atoms with van der Waals surface area (Å²) in [5, 5.41) is 5.51. The van der Waals surface area contributed by atoms with Gasteiger partial charge in [0.2, 0.25) is 11.8 Å². The maximum atomic E-state index is 13.1. The Hall–Kier alpha value is -3.16. The van der Waals surface area contributed by atoms with Crippen LogP contribution in [0.2, 0.25) is 0 Å². The van der Waals surface area contributed by atoms with Gasteiger partial charge in [-0.2, -0.15) is 0 Å². The van der Waals surface area contributed by atoms with Crippen LogP contribution in [0.15, 0.2) is 35.3 Å². The molecule has 0 aliphatic heterocycles. The highest BCUT2D eigenvalue weighted by molar-refractivity contribution is 5.93. The van der Waals surface area contributed by atoms with Crippen molar-refractivity contribution in [1.82, 2.24) is 10.6 Å². The van der Waals surface area contributed by atoms with Crippen LogP contribution in [0.4, 0.5) is 5.69 Å². The highest BCUT2D eigenvalue weighted by Crippen LogP contribution is 2.14. The molecule has 2 N–H and O–H groups in total. The van der Waals surface area contributed by atoms with Crippen molar-refractivity contribution in [3.05, 3.63) is 35.9 Å². The molecule has 0 aromatic heterocycles. The molecule has 0 bridgehead atoms. The molecule has 8 nitrogen and oxygen atoms in total. The number of benzene rings is 1. The Bertz CT molecular complexity index is 878. The minimum absolute atomic E-state index is 0.0712. The average molecular weight is 487 g/mol. The molecule has 0 fully saturated rings. The minimum atomic E-state index is -0.804. The van der Waals surface area contributed by atoms with E-state index in [9.17, 15) is 14.4 Å². The molecular weight excluding hydrogens is 444 g/mol. The first-order chi connectivity index (χ1) is 16.5. The first kappa shape index (κ1) is 29.9. The molecule has 0 heterocycles. The number of nitrogens with zero attached hydrogens (tertiary/aromatic N) is 2.